The molecule has 0 aromatic heterocycles. The van der Waals surface area contributed by atoms with Crippen LogP contribution in [0.1, 0.15) is 11.1 Å². The summed E-state index contributed by atoms with van der Waals surface area (Å²) in [6, 6.07) is 3.73. The van der Waals surface area contributed by atoms with E-state index < -0.39 is 35.7 Å². The molecule has 1 unspecified atom stereocenters. The number of carboxylic acids is 1. The van der Waals surface area contributed by atoms with Crippen molar-refractivity contribution < 1.29 is 36.6 Å². The molecule has 1 atom stereocenters. The third-order valence-electron chi connectivity index (χ3n) is 2.71. The molecule has 21 heavy (non-hydrogen) atoms. The summed E-state index contributed by atoms with van der Waals surface area (Å²) in [7, 11) is 0. The first-order valence-corrected chi connectivity index (χ1v) is 5.54. The smallest absolute Gasteiger partial charge is 0.430 e. The van der Waals surface area contributed by atoms with E-state index in [9.17, 15) is 26.7 Å². The fourth-order valence-corrected chi connectivity index (χ4v) is 1.90. The molecule has 3 nitrogen and oxygen atoms in total. The van der Waals surface area contributed by atoms with Crippen LogP contribution in [0.4, 0.5) is 22.0 Å². The zero-order chi connectivity index (χ0) is 15.8. The number of alkyl halides is 3. The van der Waals surface area contributed by atoms with Crippen LogP contribution < -0.4 is 4.74 Å². The highest BCUT2D eigenvalue weighted by Gasteiger charge is 2.48. The zero-order valence-corrected chi connectivity index (χ0v) is 10.1. The Hall–Kier alpha value is -2.38. The quantitative estimate of drug-likeness (QED) is 0.847. The maximum absolute atomic E-state index is 12.8. The highest BCUT2D eigenvalue weighted by molar-refractivity contribution is 5.95. The van der Waals surface area contributed by atoms with Gasteiger partial charge in [0, 0.05) is 17.2 Å². The van der Waals surface area contributed by atoms with Crippen molar-refractivity contribution in [3.8, 4) is 5.75 Å². The fraction of sp³-hybridized carbons (Fsp3) is 0.154. The molecule has 0 spiro atoms. The maximum Gasteiger partial charge on any atom is 0.430 e. The van der Waals surface area contributed by atoms with E-state index >= 15 is 0 Å². The topological polar surface area (TPSA) is 46.5 Å². The summed E-state index contributed by atoms with van der Waals surface area (Å²) in [5, 5.41) is 8.83. The Balaban J connectivity index is 2.61. The summed E-state index contributed by atoms with van der Waals surface area (Å²) in [4.78, 5) is 10.9. The first kappa shape index (κ1) is 15.0. The fourth-order valence-electron chi connectivity index (χ4n) is 1.90. The molecule has 1 aliphatic heterocycles. The highest BCUT2D eigenvalue weighted by Crippen LogP contribution is 2.39. The number of aliphatic carboxylic acids is 1. The van der Waals surface area contributed by atoms with Gasteiger partial charge in [-0.25, -0.2) is 4.79 Å². The average Bonchev–Trinajstić information content (AvgIpc) is 2.35. The molecular weight excluding hydrogens is 299 g/mol. The Morgan fingerprint density at radius 2 is 1.95 bits per heavy atom. The predicted octanol–water partition coefficient (Wildman–Crippen LogP) is 3.72. The van der Waals surface area contributed by atoms with Gasteiger partial charge in [-0.3, -0.25) is 0 Å². The molecule has 1 N–H and O–H groups in total. The molecule has 2 rings (SSSR count). The molecule has 1 aromatic rings. The van der Waals surface area contributed by atoms with Crippen molar-refractivity contribution in [1.82, 2.24) is 0 Å². The van der Waals surface area contributed by atoms with Crippen molar-refractivity contribution in [2.45, 2.75) is 12.3 Å². The number of fused-ring (bicyclic) bond motifs is 1. The number of benzene rings is 1. The van der Waals surface area contributed by atoms with Gasteiger partial charge < -0.3 is 9.84 Å². The van der Waals surface area contributed by atoms with Crippen molar-refractivity contribution in [3.63, 3.8) is 0 Å². The van der Waals surface area contributed by atoms with E-state index in [1.807, 2.05) is 0 Å². The van der Waals surface area contributed by atoms with Crippen molar-refractivity contribution in [1.29, 1.82) is 0 Å². The monoisotopic (exact) mass is 306 g/mol. The largest absolute Gasteiger partial charge is 0.478 e. The first-order chi connectivity index (χ1) is 9.70. The highest BCUT2D eigenvalue weighted by atomic mass is 19.4. The van der Waals surface area contributed by atoms with Gasteiger partial charge in [0.25, 0.3) is 6.08 Å². The lowest BCUT2D eigenvalue weighted by atomic mass is 9.99. The molecule has 8 heteroatoms. The van der Waals surface area contributed by atoms with Crippen LogP contribution in [-0.4, -0.2) is 23.4 Å². The molecule has 0 amide bonds. The third kappa shape index (κ3) is 3.04. The normalized spacial score (nSPS) is 17.4. The summed E-state index contributed by atoms with van der Waals surface area (Å²) in [6.07, 6.45) is -8.67. The number of ether oxygens (including phenoxy) is 1. The molecule has 0 aliphatic carbocycles. The Bertz CT molecular complexity index is 642. The minimum absolute atomic E-state index is 0.0112. The minimum atomic E-state index is -4.98. The van der Waals surface area contributed by atoms with Crippen LogP contribution in [0.3, 0.4) is 0 Å². The molecule has 0 saturated carbocycles. The second-order valence-electron chi connectivity index (χ2n) is 4.14. The van der Waals surface area contributed by atoms with E-state index in [4.69, 9.17) is 5.11 Å². The second kappa shape index (κ2) is 5.19. The Morgan fingerprint density at radius 1 is 1.29 bits per heavy atom. The van der Waals surface area contributed by atoms with Gasteiger partial charge in [0.1, 0.15) is 5.75 Å². The number of hydrogen-bond acceptors (Lipinski definition) is 2. The van der Waals surface area contributed by atoms with Crippen molar-refractivity contribution >= 4 is 18.1 Å². The zero-order valence-electron chi connectivity index (χ0n) is 10.1. The summed E-state index contributed by atoms with van der Waals surface area (Å²) in [5.41, 5.74) is -1.28. The summed E-state index contributed by atoms with van der Waals surface area (Å²) < 4.78 is 67.8. The summed E-state index contributed by atoms with van der Waals surface area (Å²) in [6.45, 7) is 0. The van der Waals surface area contributed by atoms with Gasteiger partial charge in [-0.15, -0.1) is 0 Å². The molecule has 0 bridgehead atoms. The molecule has 112 valence electrons. The molecule has 1 aromatic carbocycles. The molecule has 0 saturated heterocycles. The van der Waals surface area contributed by atoms with Gasteiger partial charge in [0.15, 0.2) is 0 Å². The Kier molecular flexibility index (Phi) is 3.71. The van der Waals surface area contributed by atoms with Crippen LogP contribution >= 0.6 is 0 Å². The number of carboxylic acid groups (broad SMARTS) is 1. The van der Waals surface area contributed by atoms with Crippen LogP contribution in [0.5, 0.6) is 5.75 Å². The Labute approximate surface area is 114 Å². The van der Waals surface area contributed by atoms with Gasteiger partial charge >= 0.3 is 12.1 Å². The van der Waals surface area contributed by atoms with E-state index in [2.05, 4.69) is 4.74 Å². The van der Waals surface area contributed by atoms with Crippen LogP contribution in [-0.2, 0) is 4.79 Å². The van der Waals surface area contributed by atoms with Crippen LogP contribution in [0, 0.1) is 0 Å². The van der Waals surface area contributed by atoms with Crippen molar-refractivity contribution in [3.05, 3.63) is 41.0 Å². The van der Waals surface area contributed by atoms with Crippen LogP contribution in [0.25, 0.3) is 12.2 Å². The average molecular weight is 306 g/mol. The van der Waals surface area contributed by atoms with Gasteiger partial charge in [-0.1, -0.05) is 18.2 Å². The summed E-state index contributed by atoms with van der Waals surface area (Å²) in [5.74, 6) is -2.22. The van der Waals surface area contributed by atoms with E-state index in [1.165, 1.54) is 12.1 Å². The van der Waals surface area contributed by atoms with Gasteiger partial charge in [-0.05, 0) is 6.08 Å². The number of halogens is 5. The van der Waals surface area contributed by atoms with Crippen molar-refractivity contribution in [2.75, 3.05) is 0 Å². The number of rotatable bonds is 2. The number of para-hydroxylation sites is 1. The SMILES string of the molecule is O=C(O)C1=Cc2cccc(C=C(F)F)c2OC1C(F)(F)F. The van der Waals surface area contributed by atoms with Crippen molar-refractivity contribution in [2.24, 2.45) is 0 Å². The van der Waals surface area contributed by atoms with Gasteiger partial charge in [0.05, 0.1) is 5.57 Å². The standard InChI is InChI=1S/C13H7F5O3/c14-9(15)5-7-3-1-2-6-4-8(12(19)20)11(13(16,17)18)21-10(6)7/h1-5,11H,(H,19,20). The lowest BCUT2D eigenvalue weighted by Crippen LogP contribution is -2.40. The number of hydrogen-bond donors (Lipinski definition) is 1. The Morgan fingerprint density at radius 3 is 2.48 bits per heavy atom. The molecule has 1 heterocycles. The van der Waals surface area contributed by atoms with E-state index in [0.717, 1.165) is 12.1 Å². The third-order valence-corrected chi connectivity index (χ3v) is 2.71. The van der Waals surface area contributed by atoms with E-state index in [0.29, 0.717) is 6.08 Å². The van der Waals surface area contributed by atoms with Gasteiger partial charge in [0.2, 0.25) is 6.10 Å². The minimum Gasteiger partial charge on any atom is -0.478 e. The van der Waals surface area contributed by atoms with Gasteiger partial charge in [-0.2, -0.15) is 22.0 Å². The lowest BCUT2D eigenvalue weighted by molar-refractivity contribution is -0.187. The maximum atomic E-state index is 12.8. The molecule has 0 fully saturated rings. The first-order valence-electron chi connectivity index (χ1n) is 5.54. The lowest BCUT2D eigenvalue weighted by Gasteiger charge is -2.27. The second-order valence-corrected chi connectivity index (χ2v) is 4.14. The van der Waals surface area contributed by atoms with Crippen LogP contribution in [0.2, 0.25) is 0 Å². The number of carbonyl (C=O) groups is 1. The van der Waals surface area contributed by atoms with Crippen LogP contribution in [0.15, 0.2) is 29.9 Å². The van der Waals surface area contributed by atoms with E-state index in [-0.39, 0.29) is 11.1 Å². The molecular formula is C13H7F5O3. The van der Waals surface area contributed by atoms with E-state index in [1.54, 1.807) is 0 Å². The molecule has 0 radical (unpaired) electrons. The predicted molar refractivity (Wildman–Crippen MR) is 62.7 cm³/mol. The molecule has 1 aliphatic rings. The summed E-state index contributed by atoms with van der Waals surface area (Å²) >= 11 is 0.